The van der Waals surface area contributed by atoms with Crippen molar-refractivity contribution in [2.24, 2.45) is 0 Å². The average molecular weight is 393 g/mol. The Hall–Kier alpha value is -2.86. The highest BCUT2D eigenvalue weighted by Gasteiger charge is 2.16. The van der Waals surface area contributed by atoms with E-state index in [0.717, 1.165) is 22.5 Å². The predicted molar refractivity (Wildman–Crippen MR) is 114 cm³/mol. The Bertz CT molecular complexity index is 952. The Morgan fingerprint density at radius 3 is 2.71 bits per heavy atom. The lowest BCUT2D eigenvalue weighted by Crippen LogP contribution is -2.28. The van der Waals surface area contributed by atoms with Gasteiger partial charge >= 0.3 is 0 Å². The lowest BCUT2D eigenvalue weighted by Gasteiger charge is -2.14. The van der Waals surface area contributed by atoms with Gasteiger partial charge in [-0.1, -0.05) is 71.9 Å². The van der Waals surface area contributed by atoms with Crippen LogP contribution in [0, 0.1) is 6.92 Å². The van der Waals surface area contributed by atoms with Gasteiger partial charge in [0.15, 0.2) is 11.0 Å². The van der Waals surface area contributed by atoms with Gasteiger partial charge in [0, 0.05) is 12.1 Å². The summed E-state index contributed by atoms with van der Waals surface area (Å²) in [5.74, 6) is 1.02. The lowest BCUT2D eigenvalue weighted by molar-refractivity contribution is -0.119. The van der Waals surface area contributed by atoms with E-state index in [9.17, 15) is 4.79 Å². The third-order valence-corrected chi connectivity index (χ3v) is 5.28. The van der Waals surface area contributed by atoms with Crippen molar-refractivity contribution in [3.8, 4) is 11.4 Å². The normalized spacial score (nSPS) is 11.8. The average Bonchev–Trinajstić information content (AvgIpc) is 3.10. The molecule has 3 aromatic rings. The summed E-state index contributed by atoms with van der Waals surface area (Å²) < 4.78 is 1.99. The molecule has 144 valence electrons. The highest BCUT2D eigenvalue weighted by molar-refractivity contribution is 7.99. The van der Waals surface area contributed by atoms with E-state index < -0.39 is 0 Å². The number of nitrogens with one attached hydrogen (secondary N) is 1. The minimum atomic E-state index is -0.0387. The molecule has 0 aliphatic heterocycles. The molecule has 0 aliphatic rings. The van der Waals surface area contributed by atoms with Crippen molar-refractivity contribution in [2.45, 2.75) is 31.6 Å². The van der Waals surface area contributed by atoms with E-state index >= 15 is 0 Å². The maximum atomic E-state index is 12.4. The molecule has 1 heterocycles. The van der Waals surface area contributed by atoms with E-state index in [0.29, 0.717) is 11.7 Å². The van der Waals surface area contributed by atoms with Crippen LogP contribution in [0.15, 0.2) is 72.4 Å². The van der Waals surface area contributed by atoms with Crippen LogP contribution < -0.4 is 5.32 Å². The second-order valence-electron chi connectivity index (χ2n) is 6.56. The van der Waals surface area contributed by atoms with Crippen molar-refractivity contribution < 1.29 is 4.79 Å². The molecule has 0 aliphatic carbocycles. The van der Waals surface area contributed by atoms with Crippen molar-refractivity contribution in [1.29, 1.82) is 0 Å². The number of rotatable bonds is 8. The number of carbonyl (C=O) groups excluding carboxylic acids is 1. The molecule has 1 amide bonds. The number of aromatic nitrogens is 3. The predicted octanol–water partition coefficient (Wildman–Crippen LogP) is 4.41. The van der Waals surface area contributed by atoms with Crippen LogP contribution in [-0.2, 0) is 11.3 Å². The Morgan fingerprint density at radius 1 is 1.21 bits per heavy atom. The number of benzene rings is 2. The van der Waals surface area contributed by atoms with Gasteiger partial charge in [-0.25, -0.2) is 0 Å². The zero-order valence-corrected chi connectivity index (χ0v) is 16.9. The molecule has 1 N–H and O–H groups in total. The van der Waals surface area contributed by atoms with Crippen LogP contribution in [0.3, 0.4) is 0 Å². The Labute approximate surface area is 169 Å². The van der Waals surface area contributed by atoms with Crippen LogP contribution in [0.5, 0.6) is 0 Å². The minimum absolute atomic E-state index is 0.0355. The van der Waals surface area contributed by atoms with E-state index in [1.165, 1.54) is 11.8 Å². The van der Waals surface area contributed by atoms with Crippen LogP contribution in [0.25, 0.3) is 11.4 Å². The molecule has 1 aromatic heterocycles. The molecule has 0 radical (unpaired) electrons. The van der Waals surface area contributed by atoms with Crippen LogP contribution in [-0.4, -0.2) is 26.4 Å². The summed E-state index contributed by atoms with van der Waals surface area (Å²) in [6.45, 7) is 8.44. The van der Waals surface area contributed by atoms with Crippen molar-refractivity contribution in [1.82, 2.24) is 20.1 Å². The molecule has 5 nitrogen and oxygen atoms in total. The summed E-state index contributed by atoms with van der Waals surface area (Å²) in [5, 5.41) is 12.4. The first kappa shape index (κ1) is 19.9. The fraction of sp³-hybridized carbons (Fsp3) is 0.227. The molecular formula is C22H24N4OS. The molecule has 2 aromatic carbocycles. The summed E-state index contributed by atoms with van der Waals surface area (Å²) in [6, 6.07) is 18.0. The summed E-state index contributed by atoms with van der Waals surface area (Å²) in [4.78, 5) is 12.4. The molecule has 0 bridgehead atoms. The molecule has 1 atom stereocenters. The number of hydrogen-bond donors (Lipinski definition) is 1. The number of carbonyl (C=O) groups is 1. The van der Waals surface area contributed by atoms with Gasteiger partial charge in [0.2, 0.25) is 5.91 Å². The van der Waals surface area contributed by atoms with Gasteiger partial charge in [0.1, 0.15) is 0 Å². The topological polar surface area (TPSA) is 59.8 Å². The molecule has 0 saturated heterocycles. The minimum Gasteiger partial charge on any atom is -0.349 e. The smallest absolute Gasteiger partial charge is 0.230 e. The second kappa shape index (κ2) is 9.37. The molecule has 28 heavy (non-hydrogen) atoms. The number of amides is 1. The van der Waals surface area contributed by atoms with Gasteiger partial charge in [-0.05, 0) is 25.5 Å². The lowest BCUT2D eigenvalue weighted by atomic mass is 10.1. The molecular weight excluding hydrogens is 368 g/mol. The van der Waals surface area contributed by atoms with Crippen molar-refractivity contribution in [2.75, 3.05) is 5.75 Å². The second-order valence-corrected chi connectivity index (χ2v) is 7.51. The summed E-state index contributed by atoms with van der Waals surface area (Å²) >= 11 is 1.38. The van der Waals surface area contributed by atoms with Crippen LogP contribution in [0.4, 0.5) is 0 Å². The largest absolute Gasteiger partial charge is 0.349 e. The number of aryl methyl sites for hydroxylation is 1. The molecule has 0 unspecified atom stereocenters. The first-order valence-electron chi connectivity index (χ1n) is 9.16. The zero-order chi connectivity index (χ0) is 19.9. The van der Waals surface area contributed by atoms with E-state index in [4.69, 9.17) is 0 Å². The third kappa shape index (κ3) is 4.89. The molecule has 0 fully saturated rings. The van der Waals surface area contributed by atoms with Gasteiger partial charge in [-0.3, -0.25) is 9.36 Å². The molecule has 6 heteroatoms. The van der Waals surface area contributed by atoms with Crippen LogP contribution in [0.2, 0.25) is 0 Å². The SMILES string of the molecule is C=CCn1c(SCC(=O)N[C@H](C)c2ccccc2)nnc1-c1cccc(C)c1. The monoisotopic (exact) mass is 392 g/mol. The summed E-state index contributed by atoms with van der Waals surface area (Å²) in [7, 11) is 0. The Morgan fingerprint density at radius 2 is 2.00 bits per heavy atom. The molecule has 3 rings (SSSR count). The summed E-state index contributed by atoms with van der Waals surface area (Å²) in [5.41, 5.74) is 3.25. The Balaban J connectivity index is 1.68. The fourth-order valence-electron chi connectivity index (χ4n) is 2.93. The zero-order valence-electron chi connectivity index (χ0n) is 16.1. The maximum Gasteiger partial charge on any atom is 0.230 e. The first-order chi connectivity index (χ1) is 13.6. The van der Waals surface area contributed by atoms with Crippen molar-refractivity contribution >= 4 is 17.7 Å². The third-order valence-electron chi connectivity index (χ3n) is 4.31. The van der Waals surface area contributed by atoms with Crippen molar-refractivity contribution in [3.63, 3.8) is 0 Å². The van der Waals surface area contributed by atoms with E-state index in [1.807, 2.05) is 73.0 Å². The van der Waals surface area contributed by atoms with E-state index in [1.54, 1.807) is 0 Å². The highest BCUT2D eigenvalue weighted by Crippen LogP contribution is 2.25. The number of nitrogens with zero attached hydrogens (tertiary/aromatic N) is 3. The highest BCUT2D eigenvalue weighted by atomic mass is 32.2. The quantitative estimate of drug-likeness (QED) is 0.456. The first-order valence-corrected chi connectivity index (χ1v) is 10.1. The number of hydrogen-bond acceptors (Lipinski definition) is 4. The van der Waals surface area contributed by atoms with Gasteiger partial charge in [-0.15, -0.1) is 16.8 Å². The number of allylic oxidation sites excluding steroid dienone is 1. The van der Waals surface area contributed by atoms with E-state index in [-0.39, 0.29) is 17.7 Å². The Kier molecular flexibility index (Phi) is 6.66. The fourth-order valence-corrected chi connectivity index (χ4v) is 3.68. The van der Waals surface area contributed by atoms with Crippen LogP contribution in [0.1, 0.15) is 24.1 Å². The van der Waals surface area contributed by atoms with Gasteiger partial charge in [-0.2, -0.15) is 0 Å². The van der Waals surface area contributed by atoms with Gasteiger partial charge in [0.25, 0.3) is 0 Å². The standard InChI is InChI=1S/C22H24N4OS/c1-4-13-26-21(19-12-8-9-16(2)14-19)24-25-22(26)28-15-20(27)23-17(3)18-10-6-5-7-11-18/h4-12,14,17H,1,13,15H2,2-3H3,(H,23,27)/t17-/m1/s1. The van der Waals surface area contributed by atoms with Crippen molar-refractivity contribution in [3.05, 3.63) is 78.4 Å². The van der Waals surface area contributed by atoms with Gasteiger partial charge in [0.05, 0.1) is 11.8 Å². The number of thioether (sulfide) groups is 1. The molecule has 0 spiro atoms. The molecule has 0 saturated carbocycles. The van der Waals surface area contributed by atoms with Crippen LogP contribution >= 0.6 is 11.8 Å². The van der Waals surface area contributed by atoms with Gasteiger partial charge < -0.3 is 5.32 Å². The maximum absolute atomic E-state index is 12.4. The summed E-state index contributed by atoms with van der Waals surface area (Å²) in [6.07, 6.45) is 1.81. The van der Waals surface area contributed by atoms with E-state index in [2.05, 4.69) is 28.2 Å².